The number of aliphatic hydroxyl groups excluding tert-OH is 1. The van der Waals surface area contributed by atoms with Gasteiger partial charge in [-0.1, -0.05) is 41.3 Å². The molecule has 5 rings (SSSR count). The molecule has 1 atom stereocenters. The molecule has 0 aliphatic carbocycles. The lowest BCUT2D eigenvalue weighted by Gasteiger charge is -2.24. The second kappa shape index (κ2) is 11.9. The van der Waals surface area contributed by atoms with Crippen LogP contribution in [0.5, 0.6) is 17.2 Å². The number of pyridine rings is 1. The maximum absolute atomic E-state index is 14.1. The van der Waals surface area contributed by atoms with Crippen molar-refractivity contribution in [3.63, 3.8) is 0 Å². The minimum atomic E-state index is -1.12. The second-order valence-electron chi connectivity index (χ2n) is 8.59. The van der Waals surface area contributed by atoms with Crippen LogP contribution in [0.25, 0.3) is 5.76 Å². The first-order valence-corrected chi connectivity index (χ1v) is 13.9. The second-order valence-corrected chi connectivity index (χ2v) is 10.8. The molecule has 0 radical (unpaired) electrons. The van der Waals surface area contributed by atoms with E-state index in [-0.39, 0.29) is 33.8 Å². The number of Topliss-reactive ketones (excluding diaryl/α,β-unsaturated/α-hetero) is 1. The maximum Gasteiger partial charge on any atom is 0.301 e. The Balaban J connectivity index is 1.62. The average Bonchev–Trinajstić information content (AvgIpc) is 3.57. The van der Waals surface area contributed by atoms with Crippen molar-refractivity contribution in [3.05, 3.63) is 89.0 Å². The Labute approximate surface area is 242 Å². The number of halogens is 1. The molecule has 0 saturated carbocycles. The molecule has 1 aliphatic heterocycles. The quantitative estimate of drug-likeness (QED) is 0.0929. The van der Waals surface area contributed by atoms with Crippen LogP contribution in [0.4, 0.5) is 9.52 Å². The fourth-order valence-corrected chi connectivity index (χ4v) is 6.24. The lowest BCUT2D eigenvalue weighted by atomic mass is 9.95. The number of benzene rings is 2. The van der Waals surface area contributed by atoms with Crippen molar-refractivity contribution in [1.29, 1.82) is 0 Å². The zero-order chi connectivity index (χ0) is 29.1. The molecule has 13 heteroatoms. The van der Waals surface area contributed by atoms with Crippen LogP contribution in [0.15, 0.2) is 70.8 Å². The van der Waals surface area contributed by atoms with E-state index in [1.165, 1.54) is 68.6 Å². The van der Waals surface area contributed by atoms with E-state index in [4.69, 9.17) is 14.2 Å². The lowest BCUT2D eigenvalue weighted by molar-refractivity contribution is -0.132. The molecule has 2 aromatic carbocycles. The zero-order valence-electron chi connectivity index (χ0n) is 22.0. The van der Waals surface area contributed by atoms with E-state index in [1.54, 1.807) is 30.3 Å². The van der Waals surface area contributed by atoms with Crippen molar-refractivity contribution in [2.75, 3.05) is 26.2 Å². The maximum atomic E-state index is 14.1. The number of carbonyl (C=O) groups is 2. The van der Waals surface area contributed by atoms with Crippen LogP contribution in [-0.2, 0) is 15.3 Å². The molecule has 1 fully saturated rings. The highest BCUT2D eigenvalue weighted by Gasteiger charge is 2.49. The van der Waals surface area contributed by atoms with E-state index in [9.17, 15) is 19.1 Å². The third-order valence-electron chi connectivity index (χ3n) is 6.31. The minimum absolute atomic E-state index is 0.121. The monoisotopic (exact) mass is 594 g/mol. The van der Waals surface area contributed by atoms with Gasteiger partial charge in [-0.2, -0.15) is 0 Å². The molecule has 10 nitrogen and oxygen atoms in total. The molecule has 0 spiro atoms. The Kier molecular flexibility index (Phi) is 8.17. The van der Waals surface area contributed by atoms with E-state index in [0.717, 1.165) is 11.3 Å². The van der Waals surface area contributed by atoms with E-state index in [2.05, 4.69) is 15.2 Å². The van der Waals surface area contributed by atoms with Crippen molar-refractivity contribution in [3.8, 4) is 17.2 Å². The fourth-order valence-electron chi connectivity index (χ4n) is 4.38. The number of nitrogens with zero attached hydrogens (tertiary/aromatic N) is 4. The van der Waals surface area contributed by atoms with Gasteiger partial charge in [0, 0.05) is 23.7 Å². The minimum Gasteiger partial charge on any atom is -0.507 e. The number of carbonyl (C=O) groups excluding carboxylic acids is 2. The Morgan fingerprint density at radius 2 is 1.71 bits per heavy atom. The first-order chi connectivity index (χ1) is 19.9. The Morgan fingerprint density at radius 3 is 2.34 bits per heavy atom. The van der Waals surface area contributed by atoms with Crippen LogP contribution in [0.3, 0.4) is 0 Å². The Morgan fingerprint density at radius 1 is 1.02 bits per heavy atom. The van der Waals surface area contributed by atoms with Crippen molar-refractivity contribution in [1.82, 2.24) is 15.2 Å². The summed E-state index contributed by atoms with van der Waals surface area (Å²) in [5, 5.41) is 19.8. The summed E-state index contributed by atoms with van der Waals surface area (Å²) in [6.07, 6.45) is 2.92. The van der Waals surface area contributed by atoms with Gasteiger partial charge in [-0.3, -0.25) is 19.5 Å². The molecule has 0 bridgehead atoms. The van der Waals surface area contributed by atoms with Gasteiger partial charge in [-0.05, 0) is 41.5 Å². The number of thioether (sulfide) groups is 1. The van der Waals surface area contributed by atoms with E-state index in [1.807, 2.05) is 0 Å². The molecule has 1 saturated heterocycles. The molecule has 1 aliphatic rings. The van der Waals surface area contributed by atoms with E-state index in [0.29, 0.717) is 32.5 Å². The average molecular weight is 595 g/mol. The molecule has 2 aromatic heterocycles. The van der Waals surface area contributed by atoms with Gasteiger partial charge in [-0.25, -0.2) is 4.39 Å². The van der Waals surface area contributed by atoms with Crippen LogP contribution >= 0.6 is 23.1 Å². The predicted molar refractivity (Wildman–Crippen MR) is 151 cm³/mol. The third kappa shape index (κ3) is 5.33. The van der Waals surface area contributed by atoms with Gasteiger partial charge < -0.3 is 19.3 Å². The normalized spacial score (nSPS) is 16.2. The fraction of sp³-hybridized carbons (Fsp3) is 0.179. The molecule has 1 amide bonds. The van der Waals surface area contributed by atoms with Crippen molar-refractivity contribution in [2.24, 2.45) is 0 Å². The number of anilines is 1. The van der Waals surface area contributed by atoms with Gasteiger partial charge in [0.15, 0.2) is 15.8 Å². The number of ether oxygens (including phenoxy) is 3. The van der Waals surface area contributed by atoms with Crippen LogP contribution in [0.2, 0.25) is 0 Å². The van der Waals surface area contributed by atoms with Crippen LogP contribution in [0.1, 0.15) is 22.7 Å². The first kappa shape index (κ1) is 28.1. The number of aromatic nitrogens is 3. The summed E-state index contributed by atoms with van der Waals surface area (Å²) < 4.78 is 31.0. The topological polar surface area (TPSA) is 124 Å². The van der Waals surface area contributed by atoms with Crippen LogP contribution in [-0.4, -0.2) is 53.3 Å². The number of aliphatic hydroxyl groups is 1. The van der Waals surface area contributed by atoms with Gasteiger partial charge >= 0.3 is 5.91 Å². The molecule has 1 N–H and O–H groups in total. The molecule has 210 valence electrons. The van der Waals surface area contributed by atoms with Crippen molar-refractivity contribution < 1.29 is 33.3 Å². The van der Waals surface area contributed by atoms with Crippen molar-refractivity contribution in [2.45, 2.75) is 16.1 Å². The Hall–Kier alpha value is -4.49. The predicted octanol–water partition coefficient (Wildman–Crippen LogP) is 5.02. The number of amides is 1. The molecular weight excluding hydrogens is 571 g/mol. The summed E-state index contributed by atoms with van der Waals surface area (Å²) in [5.41, 5.74) is 1.02. The first-order valence-electron chi connectivity index (χ1n) is 12.1. The molecule has 1 unspecified atom stereocenters. The standard InChI is InChI=1S/C28H23FN4O6S2/c1-37-19-12-17(13-20(38-2)25(19)39-3)22-21(23(34)15-8-10-30-11-9-15)24(35)26(36)33(22)27-31-32-28(41-27)40-14-16-6-4-5-7-18(16)29/h4-13,22,34H,14H2,1-3H3. The smallest absolute Gasteiger partial charge is 0.301 e. The molecule has 41 heavy (non-hydrogen) atoms. The van der Waals surface area contributed by atoms with Crippen molar-refractivity contribution >= 4 is 45.7 Å². The largest absolute Gasteiger partial charge is 0.507 e. The van der Waals surface area contributed by atoms with Gasteiger partial charge in [0.1, 0.15) is 11.6 Å². The van der Waals surface area contributed by atoms with E-state index < -0.39 is 17.7 Å². The number of methoxy groups -OCH3 is 3. The number of rotatable bonds is 9. The highest BCUT2D eigenvalue weighted by atomic mass is 32.2. The molecule has 4 aromatic rings. The van der Waals surface area contributed by atoms with Crippen LogP contribution in [0, 0.1) is 5.82 Å². The van der Waals surface area contributed by atoms with Gasteiger partial charge in [0.25, 0.3) is 5.78 Å². The lowest BCUT2D eigenvalue weighted by Crippen LogP contribution is -2.29. The van der Waals surface area contributed by atoms with E-state index >= 15 is 0 Å². The SMILES string of the molecule is COc1cc(C2C(=C(O)c3ccncc3)C(=O)C(=O)N2c2nnc(SCc3ccccc3F)s2)cc(OC)c1OC. The number of ketones is 1. The summed E-state index contributed by atoms with van der Waals surface area (Å²) >= 11 is 2.31. The van der Waals surface area contributed by atoms with Gasteiger partial charge in [-0.15, -0.1) is 10.2 Å². The summed E-state index contributed by atoms with van der Waals surface area (Å²) in [4.78, 5) is 32.1. The van der Waals surface area contributed by atoms with Gasteiger partial charge in [0.2, 0.25) is 10.9 Å². The summed E-state index contributed by atoms with van der Waals surface area (Å²) in [6.45, 7) is 0. The van der Waals surface area contributed by atoms with Crippen LogP contribution < -0.4 is 19.1 Å². The molecule has 3 heterocycles. The zero-order valence-corrected chi connectivity index (χ0v) is 23.7. The molecular formula is C28H23FN4O6S2. The van der Waals surface area contributed by atoms with Gasteiger partial charge in [0.05, 0.1) is 32.9 Å². The summed E-state index contributed by atoms with van der Waals surface area (Å²) in [7, 11) is 4.34. The Bertz CT molecular complexity index is 1620. The summed E-state index contributed by atoms with van der Waals surface area (Å²) in [5.74, 6) is -1.36. The number of hydrogen-bond donors (Lipinski definition) is 1. The number of hydrogen-bond acceptors (Lipinski definition) is 11. The third-order valence-corrected chi connectivity index (χ3v) is 8.42. The highest BCUT2D eigenvalue weighted by molar-refractivity contribution is 8.00. The summed E-state index contributed by atoms with van der Waals surface area (Å²) in [6, 6.07) is 11.5. The highest BCUT2D eigenvalue weighted by Crippen LogP contribution is 2.48.